The van der Waals surface area contributed by atoms with Crippen molar-refractivity contribution < 1.29 is 61.8 Å². The van der Waals surface area contributed by atoms with Crippen LogP contribution in [-0.2, 0) is 26.2 Å². The van der Waals surface area contributed by atoms with Gasteiger partial charge in [0.15, 0.2) is 0 Å². The number of rotatable bonds is 1. The molecule has 1 radical (unpaired) electrons. The second kappa shape index (κ2) is 6.77. The van der Waals surface area contributed by atoms with Crippen LogP contribution in [0.5, 0.6) is 0 Å². The Kier molecular flexibility index (Phi) is 12.1. The molecule has 0 saturated carbocycles. The summed E-state index contributed by atoms with van der Waals surface area (Å²) < 4.78 is 22.2. The van der Waals surface area contributed by atoms with E-state index in [9.17, 15) is 7.35 Å². The van der Waals surface area contributed by atoms with Crippen LogP contribution in [0.1, 0.15) is 0 Å². The maximum absolute atomic E-state index is 9.24. The molecule has 6 heavy (non-hydrogen) atoms. The van der Waals surface area contributed by atoms with Crippen molar-refractivity contribution in [1.29, 1.82) is 0 Å². The van der Waals surface area contributed by atoms with Crippen LogP contribution < -0.4 is 0 Å². The average molecular weight is 271 g/mol. The van der Waals surface area contributed by atoms with Gasteiger partial charge in [0.2, 0.25) is 0 Å². The van der Waals surface area contributed by atoms with Gasteiger partial charge in [-0.2, -0.15) is 0 Å². The molecule has 0 aliphatic carbocycles. The molecule has 0 aromatic rings. The van der Waals surface area contributed by atoms with E-state index in [1.54, 1.807) is 9.47 Å². The standard InChI is InChI=1S/La.H2OP.2O.V/c;1-2;;;/h;2H2;;;/q;-1;;;+1. The molecule has 0 aliphatic rings. The van der Waals surface area contributed by atoms with Crippen molar-refractivity contribution in [2.75, 3.05) is 0 Å². The van der Waals surface area contributed by atoms with Gasteiger partial charge in [0, 0.05) is 35.6 Å². The summed E-state index contributed by atoms with van der Waals surface area (Å²) in [5.41, 5.74) is 0. The van der Waals surface area contributed by atoms with E-state index in [4.69, 9.17) is 0 Å². The molecule has 1 unspecified atom stereocenters. The Hall–Kier alpha value is 1.77. The summed E-state index contributed by atoms with van der Waals surface area (Å²) in [6, 6.07) is 0. The van der Waals surface area contributed by atoms with Crippen molar-refractivity contribution >= 4 is 9.47 Å². The molecule has 0 amide bonds. The first-order valence-electron chi connectivity index (χ1n) is 0.783. The molecule has 3 nitrogen and oxygen atoms in total. The summed E-state index contributed by atoms with van der Waals surface area (Å²) in [5, 5.41) is 0. The van der Waals surface area contributed by atoms with Gasteiger partial charge in [0.05, 0.1) is 0 Å². The van der Waals surface area contributed by atoms with E-state index < -0.39 is 15.4 Å². The van der Waals surface area contributed by atoms with Crippen molar-refractivity contribution in [3.05, 3.63) is 0 Å². The molecule has 33 valence electrons. The van der Waals surface area contributed by atoms with E-state index in [0.717, 1.165) is 0 Å². The second-order valence-corrected chi connectivity index (χ2v) is 2.23. The monoisotopic (exact) mass is 271 g/mol. The van der Waals surface area contributed by atoms with Crippen molar-refractivity contribution in [3.63, 3.8) is 0 Å². The fourth-order valence-corrected chi connectivity index (χ4v) is 0. The molecule has 0 spiro atoms. The normalized spacial score (nSPS) is 6.17. The van der Waals surface area contributed by atoms with Crippen molar-refractivity contribution in [1.82, 2.24) is 0 Å². The Balaban J connectivity index is 0. The molecule has 0 aliphatic heterocycles. The van der Waals surface area contributed by atoms with Gasteiger partial charge in [0.1, 0.15) is 0 Å². The molecule has 6 heteroatoms. The predicted octanol–water partition coefficient (Wildman–Crippen LogP) is 0.0173. The Morgan fingerprint density at radius 2 is 1.67 bits per heavy atom. The molecular formula is H2LaO3PV. The van der Waals surface area contributed by atoms with E-state index in [0.29, 0.717) is 0 Å². The van der Waals surface area contributed by atoms with Gasteiger partial charge in [-0.3, -0.25) is 0 Å². The zero-order chi connectivity index (χ0) is 4.28. The summed E-state index contributed by atoms with van der Waals surface area (Å²) in [4.78, 5) is 0. The topological polar surface area (TPSA) is 43.4 Å². The van der Waals surface area contributed by atoms with Crippen molar-refractivity contribution in [2.45, 2.75) is 0 Å². The number of hydrogen-bond acceptors (Lipinski definition) is 3. The summed E-state index contributed by atoms with van der Waals surface area (Å²) >= 11 is -3.24. The minimum atomic E-state index is -3.24. The van der Waals surface area contributed by atoms with Gasteiger partial charge in [0.25, 0.3) is 0 Å². The third-order valence-corrected chi connectivity index (χ3v) is 1.06. The number of hydrogen-bond donors (Lipinski definition) is 0. The van der Waals surface area contributed by atoms with E-state index in [1.165, 1.54) is 0 Å². The predicted molar refractivity (Wildman–Crippen MR) is 12.2 cm³/mol. The second-order valence-electron chi connectivity index (χ2n) is 0.329. The molecule has 1 atom stereocenters. The zero-order valence-electron chi connectivity index (χ0n) is 2.83. The molecule has 0 rings (SSSR count). The van der Waals surface area contributed by atoms with E-state index >= 15 is 0 Å². The van der Waals surface area contributed by atoms with E-state index in [-0.39, 0.29) is 35.6 Å². The van der Waals surface area contributed by atoms with Gasteiger partial charge in [-0.1, -0.05) is 0 Å². The summed E-state index contributed by atoms with van der Waals surface area (Å²) in [6.45, 7) is 0. The SMILES string of the molecule is [La].[O]=[V](=[O])[O]P. The van der Waals surface area contributed by atoms with Gasteiger partial charge in [-0.25, -0.2) is 0 Å². The molecule has 0 N–H and O–H groups in total. The molecule has 0 saturated heterocycles. The van der Waals surface area contributed by atoms with Crippen molar-refractivity contribution in [2.24, 2.45) is 0 Å². The molecular weight excluding hydrogens is 269 g/mol. The van der Waals surface area contributed by atoms with Gasteiger partial charge in [-0.15, -0.1) is 0 Å². The fraction of sp³-hybridized carbons (Fsp3) is 0. The van der Waals surface area contributed by atoms with Crippen LogP contribution in [0.4, 0.5) is 0 Å². The van der Waals surface area contributed by atoms with Crippen LogP contribution in [-0.4, -0.2) is 0 Å². The first-order chi connectivity index (χ1) is 2.27. The Morgan fingerprint density at radius 3 is 1.67 bits per heavy atom. The van der Waals surface area contributed by atoms with Crippen molar-refractivity contribution in [3.8, 4) is 0 Å². The van der Waals surface area contributed by atoms with Crippen LogP contribution in [0, 0.1) is 35.6 Å². The molecule has 0 fully saturated rings. The Labute approximate surface area is 70.5 Å². The Bertz CT molecular complexity index is 68.9. The third-order valence-electron chi connectivity index (χ3n) is 0.0861. The van der Waals surface area contributed by atoms with Gasteiger partial charge in [-0.05, 0) is 0 Å². The van der Waals surface area contributed by atoms with Crippen LogP contribution in [0.25, 0.3) is 0 Å². The van der Waals surface area contributed by atoms with E-state index in [1.807, 2.05) is 0 Å². The minimum absolute atomic E-state index is 0. The van der Waals surface area contributed by atoms with Gasteiger partial charge < -0.3 is 0 Å². The van der Waals surface area contributed by atoms with Crippen LogP contribution in [0.15, 0.2) is 0 Å². The van der Waals surface area contributed by atoms with Crippen LogP contribution in [0.3, 0.4) is 0 Å². The fourth-order valence-electron chi connectivity index (χ4n) is 0. The zero-order valence-corrected chi connectivity index (χ0v) is 9.00. The third kappa shape index (κ3) is 9.24. The summed E-state index contributed by atoms with van der Waals surface area (Å²) in [5.74, 6) is 0. The quantitative estimate of drug-likeness (QED) is 0.631. The molecule has 0 aromatic carbocycles. The van der Waals surface area contributed by atoms with Gasteiger partial charge >= 0.3 is 35.7 Å². The first kappa shape index (κ1) is 10.7. The maximum atomic E-state index is 9.24. The van der Waals surface area contributed by atoms with Crippen LogP contribution in [0.2, 0.25) is 0 Å². The average Bonchev–Trinajstić information content (AvgIpc) is 1.38. The summed E-state index contributed by atoms with van der Waals surface area (Å²) in [6.07, 6.45) is 0. The molecule has 0 heterocycles. The molecule has 0 aromatic heterocycles. The Morgan fingerprint density at radius 1 is 1.50 bits per heavy atom. The summed E-state index contributed by atoms with van der Waals surface area (Å²) in [7, 11) is 1.63. The molecule has 0 bridgehead atoms. The van der Waals surface area contributed by atoms with E-state index in [2.05, 4.69) is 3.45 Å². The van der Waals surface area contributed by atoms with Crippen LogP contribution >= 0.6 is 9.47 Å². The first-order valence-corrected chi connectivity index (χ1v) is 2.97.